The van der Waals surface area contributed by atoms with Crippen LogP contribution in [0.1, 0.15) is 24.2 Å². The van der Waals surface area contributed by atoms with Gasteiger partial charge in [0.1, 0.15) is 11.5 Å². The fraction of sp³-hybridized carbons (Fsp3) is 0.217. The molecule has 7 heteroatoms. The molecule has 0 bridgehead atoms. The van der Waals surface area contributed by atoms with Crippen LogP contribution in [0.5, 0.6) is 11.5 Å². The number of carbonyl (C=O) groups is 2. The van der Waals surface area contributed by atoms with Crippen LogP contribution < -0.4 is 20.3 Å². The summed E-state index contributed by atoms with van der Waals surface area (Å²) in [6, 6.07) is 18.4. The summed E-state index contributed by atoms with van der Waals surface area (Å²) >= 11 is 3.52. The maximum atomic E-state index is 12.4. The first kappa shape index (κ1) is 21.6. The van der Waals surface area contributed by atoms with Gasteiger partial charge in [-0.15, -0.1) is 0 Å². The summed E-state index contributed by atoms with van der Waals surface area (Å²) in [7, 11) is 0. The average Bonchev–Trinajstić information content (AvgIpc) is 2.76. The van der Waals surface area contributed by atoms with Gasteiger partial charge < -0.3 is 9.47 Å². The van der Waals surface area contributed by atoms with E-state index in [4.69, 9.17) is 9.47 Å². The van der Waals surface area contributed by atoms with E-state index in [2.05, 4.69) is 26.8 Å². The van der Waals surface area contributed by atoms with Gasteiger partial charge in [0, 0.05) is 0 Å². The number of hydrazine groups is 1. The summed E-state index contributed by atoms with van der Waals surface area (Å²) in [6.45, 7) is 4.29. The van der Waals surface area contributed by atoms with E-state index in [0.717, 1.165) is 15.2 Å². The monoisotopic (exact) mass is 470 g/mol. The Bertz CT molecular complexity index is 1050. The summed E-state index contributed by atoms with van der Waals surface area (Å²) in [6.07, 6.45) is 0. The van der Waals surface area contributed by atoms with Crippen molar-refractivity contribution in [3.63, 3.8) is 0 Å². The van der Waals surface area contributed by atoms with Crippen LogP contribution >= 0.6 is 15.9 Å². The highest BCUT2D eigenvalue weighted by molar-refractivity contribution is 9.10. The molecule has 0 saturated carbocycles. The molecule has 30 heavy (non-hydrogen) atoms. The smallest absolute Gasteiger partial charge is 0.276 e. The zero-order valence-electron chi connectivity index (χ0n) is 16.8. The van der Waals surface area contributed by atoms with Crippen molar-refractivity contribution in [2.75, 3.05) is 13.2 Å². The van der Waals surface area contributed by atoms with Gasteiger partial charge in [-0.25, -0.2) is 0 Å². The van der Waals surface area contributed by atoms with Crippen LogP contribution in [-0.2, 0) is 4.79 Å². The number of benzene rings is 3. The topological polar surface area (TPSA) is 76.7 Å². The first-order valence-electron chi connectivity index (χ1n) is 9.56. The van der Waals surface area contributed by atoms with Crippen LogP contribution in [-0.4, -0.2) is 25.0 Å². The number of rotatable bonds is 7. The Hall–Kier alpha value is -3.06. The lowest BCUT2D eigenvalue weighted by atomic mass is 10.1. The number of ether oxygens (including phenoxy) is 2. The average molecular weight is 471 g/mol. The first-order valence-corrected chi connectivity index (χ1v) is 10.4. The summed E-state index contributed by atoms with van der Waals surface area (Å²) in [5, 5.41) is 2.05. The van der Waals surface area contributed by atoms with Gasteiger partial charge in [-0.1, -0.05) is 56.3 Å². The summed E-state index contributed by atoms with van der Waals surface area (Å²) in [5.74, 6) is 0.392. The summed E-state index contributed by atoms with van der Waals surface area (Å²) < 4.78 is 12.0. The lowest BCUT2D eigenvalue weighted by molar-refractivity contribution is -0.123. The van der Waals surface area contributed by atoms with Gasteiger partial charge in [0.05, 0.1) is 16.6 Å². The van der Waals surface area contributed by atoms with Gasteiger partial charge in [-0.05, 0) is 50.8 Å². The zero-order valence-corrected chi connectivity index (χ0v) is 18.4. The van der Waals surface area contributed by atoms with Crippen molar-refractivity contribution in [2.24, 2.45) is 5.92 Å². The Kier molecular flexibility index (Phi) is 7.30. The van der Waals surface area contributed by atoms with E-state index in [1.807, 2.05) is 44.2 Å². The lowest BCUT2D eigenvalue weighted by Gasteiger charge is -2.14. The molecule has 2 N–H and O–H groups in total. The Balaban J connectivity index is 1.55. The predicted octanol–water partition coefficient (Wildman–Crippen LogP) is 4.48. The molecule has 3 aromatic rings. The largest absolute Gasteiger partial charge is 0.492 e. The standard InChI is InChI=1S/C23H23BrN2O4/c1-15(2)13-29-19-10-6-5-9-18(19)23(28)26-25-21(27)14-30-20-12-11-16-7-3-4-8-17(16)22(20)24/h3-12,15H,13-14H2,1-2H3,(H,25,27)(H,26,28). The molecule has 0 aliphatic rings. The highest BCUT2D eigenvalue weighted by atomic mass is 79.9. The molecule has 0 spiro atoms. The second-order valence-corrected chi connectivity index (χ2v) is 7.88. The normalized spacial score (nSPS) is 10.7. The Morgan fingerprint density at radius 2 is 1.63 bits per heavy atom. The number of halogens is 1. The number of nitrogens with one attached hydrogen (secondary N) is 2. The van der Waals surface area contributed by atoms with Crippen LogP contribution in [0.15, 0.2) is 65.1 Å². The van der Waals surface area contributed by atoms with E-state index in [1.165, 1.54) is 0 Å². The van der Waals surface area contributed by atoms with Gasteiger partial charge >= 0.3 is 0 Å². The molecule has 0 radical (unpaired) electrons. The van der Waals surface area contributed by atoms with Gasteiger partial charge in [-0.3, -0.25) is 20.4 Å². The molecule has 0 saturated heterocycles. The third-order valence-corrected chi connectivity index (χ3v) is 5.02. The number of para-hydroxylation sites is 1. The summed E-state index contributed by atoms with van der Waals surface area (Å²) in [5.41, 5.74) is 5.11. The van der Waals surface area contributed by atoms with Gasteiger partial charge in [0.15, 0.2) is 6.61 Å². The molecule has 2 amide bonds. The fourth-order valence-corrected chi connectivity index (χ4v) is 3.34. The molecule has 0 aromatic heterocycles. The third-order valence-electron chi connectivity index (χ3n) is 4.21. The van der Waals surface area contributed by atoms with Gasteiger partial charge in [0.25, 0.3) is 11.8 Å². The summed E-state index contributed by atoms with van der Waals surface area (Å²) in [4.78, 5) is 24.6. The van der Waals surface area contributed by atoms with Crippen LogP contribution in [0.2, 0.25) is 0 Å². The van der Waals surface area contributed by atoms with Crippen LogP contribution in [0.3, 0.4) is 0 Å². The minimum Gasteiger partial charge on any atom is -0.492 e. The number of fused-ring (bicyclic) bond motifs is 1. The maximum absolute atomic E-state index is 12.4. The SMILES string of the molecule is CC(C)COc1ccccc1C(=O)NNC(=O)COc1ccc2ccccc2c1Br. The highest BCUT2D eigenvalue weighted by Gasteiger charge is 2.14. The highest BCUT2D eigenvalue weighted by Crippen LogP contribution is 2.32. The lowest BCUT2D eigenvalue weighted by Crippen LogP contribution is -2.44. The quantitative estimate of drug-likeness (QED) is 0.499. The maximum Gasteiger partial charge on any atom is 0.276 e. The molecule has 0 unspecified atom stereocenters. The second kappa shape index (κ2) is 10.1. The van der Waals surface area contributed by atoms with Crippen molar-refractivity contribution >= 4 is 38.5 Å². The molecule has 0 aliphatic carbocycles. The van der Waals surface area contributed by atoms with E-state index in [1.54, 1.807) is 30.3 Å². The van der Waals surface area contributed by atoms with E-state index in [-0.39, 0.29) is 6.61 Å². The first-order chi connectivity index (χ1) is 14.5. The molecule has 6 nitrogen and oxygen atoms in total. The molecule has 0 heterocycles. The minimum absolute atomic E-state index is 0.247. The minimum atomic E-state index is -0.482. The van der Waals surface area contributed by atoms with Gasteiger partial charge in [-0.2, -0.15) is 0 Å². The molecule has 0 fully saturated rings. The van der Waals surface area contributed by atoms with Crippen molar-refractivity contribution in [3.8, 4) is 11.5 Å². The van der Waals surface area contributed by atoms with Crippen molar-refractivity contribution in [1.29, 1.82) is 0 Å². The zero-order chi connectivity index (χ0) is 21.5. The van der Waals surface area contributed by atoms with E-state index in [0.29, 0.717) is 29.6 Å². The number of carbonyl (C=O) groups excluding carboxylic acids is 2. The van der Waals surface area contributed by atoms with Crippen LogP contribution in [0.25, 0.3) is 10.8 Å². The number of amides is 2. The van der Waals surface area contributed by atoms with Crippen molar-refractivity contribution in [1.82, 2.24) is 10.9 Å². The third kappa shape index (κ3) is 5.51. The Labute approximate surface area is 183 Å². The second-order valence-electron chi connectivity index (χ2n) is 7.09. The van der Waals surface area contributed by atoms with E-state index < -0.39 is 11.8 Å². The fourth-order valence-electron chi connectivity index (χ4n) is 2.73. The van der Waals surface area contributed by atoms with Crippen molar-refractivity contribution < 1.29 is 19.1 Å². The van der Waals surface area contributed by atoms with E-state index in [9.17, 15) is 9.59 Å². The van der Waals surface area contributed by atoms with E-state index >= 15 is 0 Å². The van der Waals surface area contributed by atoms with Gasteiger partial charge in [0.2, 0.25) is 0 Å². The molecule has 0 aliphatic heterocycles. The molecule has 156 valence electrons. The number of hydrogen-bond donors (Lipinski definition) is 2. The number of hydrogen-bond acceptors (Lipinski definition) is 4. The van der Waals surface area contributed by atoms with Crippen LogP contribution in [0, 0.1) is 5.92 Å². The molecular weight excluding hydrogens is 448 g/mol. The Morgan fingerprint density at radius 1 is 0.900 bits per heavy atom. The molecule has 3 aromatic carbocycles. The van der Waals surface area contributed by atoms with Crippen molar-refractivity contribution in [3.05, 3.63) is 70.7 Å². The Morgan fingerprint density at radius 3 is 2.43 bits per heavy atom. The molecular formula is C23H23BrN2O4. The predicted molar refractivity (Wildman–Crippen MR) is 120 cm³/mol. The molecule has 0 atom stereocenters. The van der Waals surface area contributed by atoms with Crippen LogP contribution in [0.4, 0.5) is 0 Å². The molecule has 3 rings (SSSR count). The van der Waals surface area contributed by atoms with Crippen molar-refractivity contribution in [2.45, 2.75) is 13.8 Å².